The van der Waals surface area contributed by atoms with E-state index in [4.69, 9.17) is 5.26 Å². The number of anilines is 1. The summed E-state index contributed by atoms with van der Waals surface area (Å²) in [6, 6.07) is 9.24. The molecule has 0 bridgehead atoms. The van der Waals surface area contributed by atoms with Crippen molar-refractivity contribution in [3.05, 3.63) is 58.7 Å². The maximum absolute atomic E-state index is 12.3. The van der Waals surface area contributed by atoms with Gasteiger partial charge in [0.2, 0.25) is 5.91 Å². The maximum Gasteiger partial charge on any atom is 0.340 e. The standard InChI is InChI=1S/C17H11N3O3S/c18-7-12-9-24-16(15(12)17(22)23)20-14(21)6-10-2-1-3-11-8-19-5-4-13(10)11/h1-5,8-9H,6H2,(H,20,21)(H,22,23). The van der Waals surface area contributed by atoms with E-state index < -0.39 is 5.97 Å². The van der Waals surface area contributed by atoms with Crippen LogP contribution in [0.4, 0.5) is 5.00 Å². The van der Waals surface area contributed by atoms with Crippen LogP contribution in [-0.2, 0) is 11.2 Å². The van der Waals surface area contributed by atoms with E-state index in [1.54, 1.807) is 12.4 Å². The summed E-state index contributed by atoms with van der Waals surface area (Å²) >= 11 is 1.03. The van der Waals surface area contributed by atoms with Crippen molar-refractivity contribution in [3.8, 4) is 6.07 Å². The van der Waals surface area contributed by atoms with Crippen LogP contribution < -0.4 is 5.32 Å². The Kier molecular flexibility index (Phi) is 4.22. The fourth-order valence-electron chi connectivity index (χ4n) is 2.43. The molecule has 0 fully saturated rings. The van der Waals surface area contributed by atoms with Gasteiger partial charge in [0.1, 0.15) is 16.6 Å². The van der Waals surface area contributed by atoms with E-state index in [9.17, 15) is 14.7 Å². The number of nitrogens with one attached hydrogen (secondary N) is 1. The Morgan fingerprint density at radius 2 is 2.17 bits per heavy atom. The SMILES string of the molecule is N#Cc1csc(NC(=O)Cc2cccc3cnccc23)c1C(=O)O. The first-order valence-corrected chi connectivity index (χ1v) is 7.84. The third-order valence-electron chi connectivity index (χ3n) is 3.50. The molecule has 0 aliphatic rings. The molecule has 7 heteroatoms. The van der Waals surface area contributed by atoms with E-state index in [1.165, 1.54) is 5.38 Å². The molecule has 3 aromatic rings. The van der Waals surface area contributed by atoms with Gasteiger partial charge in [-0.05, 0) is 17.0 Å². The minimum Gasteiger partial charge on any atom is -0.478 e. The minimum atomic E-state index is -1.24. The van der Waals surface area contributed by atoms with Crippen molar-refractivity contribution in [2.45, 2.75) is 6.42 Å². The van der Waals surface area contributed by atoms with Gasteiger partial charge in [0.25, 0.3) is 0 Å². The molecule has 0 aliphatic heterocycles. The number of hydrogen-bond acceptors (Lipinski definition) is 5. The van der Waals surface area contributed by atoms with E-state index in [2.05, 4.69) is 10.3 Å². The Balaban J connectivity index is 1.85. The quantitative estimate of drug-likeness (QED) is 0.761. The fraction of sp³-hybridized carbons (Fsp3) is 0.0588. The Morgan fingerprint density at radius 1 is 1.33 bits per heavy atom. The Labute approximate surface area is 141 Å². The molecule has 24 heavy (non-hydrogen) atoms. The normalized spacial score (nSPS) is 10.3. The molecule has 1 amide bonds. The fourth-order valence-corrected chi connectivity index (χ4v) is 3.33. The average molecular weight is 337 g/mol. The lowest BCUT2D eigenvalue weighted by molar-refractivity contribution is -0.115. The van der Waals surface area contributed by atoms with Gasteiger partial charge < -0.3 is 10.4 Å². The van der Waals surface area contributed by atoms with Gasteiger partial charge in [-0.25, -0.2) is 4.79 Å². The highest BCUT2D eigenvalue weighted by molar-refractivity contribution is 7.15. The van der Waals surface area contributed by atoms with Crippen molar-refractivity contribution in [2.24, 2.45) is 0 Å². The summed E-state index contributed by atoms with van der Waals surface area (Å²) in [7, 11) is 0. The van der Waals surface area contributed by atoms with Crippen molar-refractivity contribution in [1.82, 2.24) is 4.98 Å². The molecule has 118 valence electrons. The highest BCUT2D eigenvalue weighted by atomic mass is 32.1. The Bertz CT molecular complexity index is 983. The number of amides is 1. The summed E-state index contributed by atoms with van der Waals surface area (Å²) in [5.74, 6) is -1.58. The van der Waals surface area contributed by atoms with Gasteiger partial charge in [0.05, 0.1) is 12.0 Å². The maximum atomic E-state index is 12.3. The largest absolute Gasteiger partial charge is 0.478 e. The predicted octanol–water partition coefficient (Wildman–Crippen LogP) is 3.05. The lowest BCUT2D eigenvalue weighted by atomic mass is 10.0. The lowest BCUT2D eigenvalue weighted by Gasteiger charge is -2.07. The molecule has 0 radical (unpaired) electrons. The molecule has 6 nitrogen and oxygen atoms in total. The van der Waals surface area contributed by atoms with E-state index >= 15 is 0 Å². The number of aromatic carboxylic acids is 1. The predicted molar refractivity (Wildman–Crippen MR) is 90.1 cm³/mol. The minimum absolute atomic E-state index is 0.0408. The van der Waals surface area contributed by atoms with Gasteiger partial charge in [-0.15, -0.1) is 11.3 Å². The van der Waals surface area contributed by atoms with Crippen LogP contribution in [0.5, 0.6) is 0 Å². The zero-order valence-corrected chi connectivity index (χ0v) is 13.1. The van der Waals surface area contributed by atoms with Crippen LogP contribution in [0.25, 0.3) is 10.8 Å². The van der Waals surface area contributed by atoms with E-state index in [1.807, 2.05) is 30.3 Å². The summed E-state index contributed by atoms with van der Waals surface area (Å²) in [4.78, 5) is 27.6. The molecular weight excluding hydrogens is 326 g/mol. The van der Waals surface area contributed by atoms with E-state index in [0.717, 1.165) is 27.7 Å². The number of aromatic nitrogens is 1. The first kappa shape index (κ1) is 15.6. The smallest absolute Gasteiger partial charge is 0.340 e. The Morgan fingerprint density at radius 3 is 2.92 bits per heavy atom. The summed E-state index contributed by atoms with van der Waals surface area (Å²) in [6.45, 7) is 0. The van der Waals surface area contributed by atoms with Gasteiger partial charge in [-0.2, -0.15) is 5.26 Å². The Hall–Kier alpha value is -3.24. The van der Waals surface area contributed by atoms with Crippen molar-refractivity contribution >= 4 is 39.0 Å². The number of fused-ring (bicyclic) bond motifs is 1. The molecule has 0 spiro atoms. The monoisotopic (exact) mass is 337 g/mol. The molecule has 2 heterocycles. The second-order valence-corrected chi connectivity index (χ2v) is 5.89. The number of pyridine rings is 1. The van der Waals surface area contributed by atoms with Gasteiger partial charge in [0.15, 0.2) is 0 Å². The highest BCUT2D eigenvalue weighted by Gasteiger charge is 2.20. The molecule has 2 N–H and O–H groups in total. The van der Waals surface area contributed by atoms with Gasteiger partial charge in [-0.3, -0.25) is 9.78 Å². The number of hydrogen-bond donors (Lipinski definition) is 2. The summed E-state index contributed by atoms with van der Waals surface area (Å²) in [6.07, 6.45) is 3.47. The van der Waals surface area contributed by atoms with Gasteiger partial charge in [-0.1, -0.05) is 18.2 Å². The number of benzene rings is 1. The number of nitrogens with zero attached hydrogens (tertiary/aromatic N) is 2. The van der Waals surface area contributed by atoms with Crippen LogP contribution >= 0.6 is 11.3 Å². The molecule has 0 saturated heterocycles. The zero-order chi connectivity index (χ0) is 17.1. The molecular formula is C17H11N3O3S. The number of carbonyl (C=O) groups excluding carboxylic acids is 1. The molecule has 0 saturated carbocycles. The van der Waals surface area contributed by atoms with Crippen LogP contribution in [0, 0.1) is 11.3 Å². The summed E-state index contributed by atoms with van der Waals surface area (Å²) in [5, 5.41) is 24.2. The third kappa shape index (κ3) is 2.95. The highest BCUT2D eigenvalue weighted by Crippen LogP contribution is 2.28. The van der Waals surface area contributed by atoms with Crippen molar-refractivity contribution in [3.63, 3.8) is 0 Å². The second kappa shape index (κ2) is 6.48. The van der Waals surface area contributed by atoms with Crippen molar-refractivity contribution in [2.75, 3.05) is 5.32 Å². The first-order chi connectivity index (χ1) is 11.6. The first-order valence-electron chi connectivity index (χ1n) is 6.96. The van der Waals surface area contributed by atoms with Gasteiger partial charge >= 0.3 is 5.97 Å². The van der Waals surface area contributed by atoms with Gasteiger partial charge in [0, 0.05) is 23.2 Å². The van der Waals surface area contributed by atoms with Crippen LogP contribution in [0.1, 0.15) is 21.5 Å². The van der Waals surface area contributed by atoms with Crippen LogP contribution in [-0.4, -0.2) is 22.0 Å². The summed E-state index contributed by atoms with van der Waals surface area (Å²) in [5.41, 5.74) is 0.693. The third-order valence-corrected chi connectivity index (χ3v) is 4.40. The van der Waals surface area contributed by atoms with Crippen LogP contribution in [0.3, 0.4) is 0 Å². The molecule has 0 unspecified atom stereocenters. The number of rotatable bonds is 4. The van der Waals surface area contributed by atoms with Crippen molar-refractivity contribution in [1.29, 1.82) is 5.26 Å². The molecule has 1 aromatic carbocycles. The second-order valence-electron chi connectivity index (χ2n) is 5.01. The molecule has 3 rings (SSSR count). The molecule has 0 atom stereocenters. The van der Waals surface area contributed by atoms with Crippen molar-refractivity contribution < 1.29 is 14.7 Å². The van der Waals surface area contributed by atoms with Crippen LogP contribution in [0.15, 0.2) is 42.0 Å². The number of nitriles is 1. The number of thiophene rings is 1. The topological polar surface area (TPSA) is 103 Å². The average Bonchev–Trinajstić information content (AvgIpc) is 2.98. The van der Waals surface area contributed by atoms with E-state index in [0.29, 0.717) is 0 Å². The number of carboxylic acids is 1. The molecule has 0 aliphatic carbocycles. The molecule has 2 aromatic heterocycles. The zero-order valence-electron chi connectivity index (χ0n) is 12.3. The lowest BCUT2D eigenvalue weighted by Crippen LogP contribution is -2.16. The number of carboxylic acid groups (broad SMARTS) is 1. The van der Waals surface area contributed by atoms with Crippen LogP contribution in [0.2, 0.25) is 0 Å². The number of carbonyl (C=O) groups is 2. The van der Waals surface area contributed by atoms with E-state index in [-0.39, 0.29) is 28.5 Å². The summed E-state index contributed by atoms with van der Waals surface area (Å²) < 4.78 is 0.